The highest BCUT2D eigenvalue weighted by Crippen LogP contribution is 2.28. The summed E-state index contributed by atoms with van der Waals surface area (Å²) in [6.07, 6.45) is 1.13. The molecule has 2 rings (SSSR count). The predicted octanol–water partition coefficient (Wildman–Crippen LogP) is 4.44. The van der Waals surface area contributed by atoms with Gasteiger partial charge in [-0.25, -0.2) is 5.43 Å². The summed E-state index contributed by atoms with van der Waals surface area (Å²) in [6, 6.07) is 13.4. The Balaban J connectivity index is 1.98. The topological polar surface area (TPSA) is 79.8 Å². The zero-order valence-electron chi connectivity index (χ0n) is 17.1. The van der Waals surface area contributed by atoms with Crippen molar-refractivity contribution in [1.29, 1.82) is 0 Å². The lowest BCUT2D eigenvalue weighted by atomic mass is 10.0. The largest absolute Gasteiger partial charge is 0.479 e. The van der Waals surface area contributed by atoms with Crippen molar-refractivity contribution >= 4 is 41.2 Å². The molecule has 8 heteroatoms. The minimum Gasteiger partial charge on any atom is -0.479 e. The molecule has 0 spiro atoms. The van der Waals surface area contributed by atoms with Crippen LogP contribution in [0.2, 0.25) is 10.0 Å². The first-order chi connectivity index (χ1) is 14.3. The Morgan fingerprint density at radius 2 is 1.77 bits per heavy atom. The van der Waals surface area contributed by atoms with E-state index in [1.165, 1.54) is 6.07 Å². The Morgan fingerprint density at radius 3 is 2.40 bits per heavy atom. The molecule has 0 saturated carbocycles. The molecule has 0 unspecified atom stereocenters. The Kier molecular flexibility index (Phi) is 9.15. The van der Waals surface area contributed by atoms with Gasteiger partial charge in [-0.3, -0.25) is 9.59 Å². The van der Waals surface area contributed by atoms with Crippen LogP contribution in [0.25, 0.3) is 0 Å². The second kappa shape index (κ2) is 11.6. The Hall–Kier alpha value is -2.57. The second-order valence-electron chi connectivity index (χ2n) is 7.17. The average Bonchev–Trinajstić information content (AvgIpc) is 2.69. The van der Waals surface area contributed by atoms with E-state index in [-0.39, 0.29) is 5.92 Å². The molecule has 0 radical (unpaired) electrons. The zero-order valence-corrected chi connectivity index (χ0v) is 18.6. The summed E-state index contributed by atoms with van der Waals surface area (Å²) in [5, 5.41) is 7.47. The van der Waals surface area contributed by atoms with Gasteiger partial charge < -0.3 is 10.1 Å². The molecule has 6 nitrogen and oxygen atoms in total. The van der Waals surface area contributed by atoms with Crippen LogP contribution in [0.1, 0.15) is 32.8 Å². The van der Waals surface area contributed by atoms with Crippen LogP contribution in [0.3, 0.4) is 0 Å². The number of hydrogen-bond donors (Lipinski definition) is 2. The summed E-state index contributed by atoms with van der Waals surface area (Å²) in [5.74, 6) is -0.322. The van der Waals surface area contributed by atoms with Crippen molar-refractivity contribution in [3.05, 3.63) is 64.1 Å². The van der Waals surface area contributed by atoms with Crippen molar-refractivity contribution in [3.63, 3.8) is 0 Å². The van der Waals surface area contributed by atoms with E-state index in [4.69, 9.17) is 27.9 Å². The number of hydrazone groups is 1. The lowest BCUT2D eigenvalue weighted by Gasteiger charge is -2.22. The summed E-state index contributed by atoms with van der Waals surface area (Å²) < 4.78 is 5.62. The third-order valence-electron chi connectivity index (χ3n) is 4.09. The van der Waals surface area contributed by atoms with E-state index in [1.54, 1.807) is 25.3 Å². The number of hydrogen-bond acceptors (Lipinski definition) is 4. The third-order valence-corrected chi connectivity index (χ3v) is 4.63. The first-order valence-electron chi connectivity index (χ1n) is 9.56. The fourth-order valence-electron chi connectivity index (χ4n) is 2.59. The summed E-state index contributed by atoms with van der Waals surface area (Å²) in [6.45, 7) is 5.51. The van der Waals surface area contributed by atoms with E-state index in [0.29, 0.717) is 22.2 Å². The van der Waals surface area contributed by atoms with Crippen LogP contribution in [0, 0.1) is 5.92 Å². The van der Waals surface area contributed by atoms with E-state index in [0.717, 1.165) is 5.56 Å². The smallest absolute Gasteiger partial charge is 0.262 e. The number of amides is 2. The van der Waals surface area contributed by atoms with Crippen molar-refractivity contribution < 1.29 is 14.3 Å². The number of halogens is 2. The minimum absolute atomic E-state index is 0.182. The van der Waals surface area contributed by atoms with Crippen LogP contribution in [-0.2, 0) is 9.59 Å². The van der Waals surface area contributed by atoms with Gasteiger partial charge in [-0.05, 0) is 43.0 Å². The molecule has 0 saturated heterocycles. The second-order valence-corrected chi connectivity index (χ2v) is 8.01. The number of carbonyl (C=O) groups is 2. The van der Waals surface area contributed by atoms with Gasteiger partial charge in [0.15, 0.2) is 6.10 Å². The van der Waals surface area contributed by atoms with Crippen molar-refractivity contribution in [2.75, 3.05) is 0 Å². The number of benzene rings is 2. The molecule has 160 valence electrons. The first-order valence-corrected chi connectivity index (χ1v) is 10.3. The van der Waals surface area contributed by atoms with Crippen LogP contribution in [0.5, 0.6) is 5.75 Å². The molecule has 30 heavy (non-hydrogen) atoms. The Morgan fingerprint density at radius 1 is 1.07 bits per heavy atom. The van der Waals surface area contributed by atoms with Crippen LogP contribution in [0.15, 0.2) is 53.6 Å². The molecule has 2 N–H and O–H groups in total. The molecule has 0 heterocycles. The number of nitrogens with one attached hydrogen (secondary N) is 2. The van der Waals surface area contributed by atoms with Crippen LogP contribution in [-0.4, -0.2) is 30.2 Å². The van der Waals surface area contributed by atoms with Crippen molar-refractivity contribution in [3.8, 4) is 5.75 Å². The molecule has 0 aromatic heterocycles. The van der Waals surface area contributed by atoms with Crippen molar-refractivity contribution in [2.45, 2.75) is 39.3 Å². The highest BCUT2D eigenvalue weighted by atomic mass is 35.5. The van der Waals surface area contributed by atoms with Crippen LogP contribution in [0.4, 0.5) is 0 Å². The number of carbonyl (C=O) groups excluding carboxylic acids is 2. The van der Waals surface area contributed by atoms with Gasteiger partial charge in [0.25, 0.3) is 11.8 Å². The fourth-order valence-corrected chi connectivity index (χ4v) is 3.05. The highest BCUT2D eigenvalue weighted by molar-refractivity contribution is 6.35. The van der Waals surface area contributed by atoms with E-state index in [1.807, 2.05) is 44.2 Å². The minimum atomic E-state index is -0.862. The molecule has 2 atom stereocenters. The van der Waals surface area contributed by atoms with Crippen molar-refractivity contribution in [2.24, 2.45) is 11.0 Å². The standard InChI is InChI=1S/C22H25Cl2N3O3/c1-14(2)11-19(22(29)27-25-13-16-7-5-4-6-8-16)26-21(28)15(3)30-20-10-9-17(23)12-18(20)24/h4-10,12-15,19H,11H2,1-3H3,(H,26,28)(H,27,29)/b25-13-/t15-,19+/m1/s1. The molecule has 0 aliphatic rings. The molecule has 2 amide bonds. The monoisotopic (exact) mass is 449 g/mol. The van der Waals surface area contributed by atoms with Gasteiger partial charge in [-0.1, -0.05) is 67.4 Å². The Bertz CT molecular complexity index is 888. The first kappa shape index (κ1) is 23.7. The van der Waals surface area contributed by atoms with Gasteiger partial charge in [-0.2, -0.15) is 5.10 Å². The lowest BCUT2D eigenvalue weighted by Crippen LogP contribution is -2.49. The van der Waals surface area contributed by atoms with Gasteiger partial charge >= 0.3 is 0 Å². The molecule has 0 bridgehead atoms. The number of nitrogens with zero attached hydrogens (tertiary/aromatic N) is 1. The summed E-state index contributed by atoms with van der Waals surface area (Å²) >= 11 is 12.0. The highest BCUT2D eigenvalue weighted by Gasteiger charge is 2.25. The molecule has 2 aromatic rings. The van der Waals surface area contributed by atoms with Gasteiger partial charge in [0.1, 0.15) is 11.8 Å². The SMILES string of the molecule is CC(C)C[C@H](NC(=O)[C@@H](C)Oc1ccc(Cl)cc1Cl)C(=O)N/N=C\c1ccccc1. The molecular formula is C22H25Cl2N3O3. The molecule has 0 aliphatic carbocycles. The number of ether oxygens (including phenoxy) is 1. The van der Waals surface area contributed by atoms with E-state index < -0.39 is 24.0 Å². The van der Waals surface area contributed by atoms with Crippen LogP contribution < -0.4 is 15.5 Å². The maximum absolute atomic E-state index is 12.6. The normalized spacial score (nSPS) is 13.1. The summed E-state index contributed by atoms with van der Waals surface area (Å²) in [5.41, 5.74) is 3.34. The number of rotatable bonds is 9. The zero-order chi connectivity index (χ0) is 22.1. The average molecular weight is 450 g/mol. The van der Waals surface area contributed by atoms with E-state index >= 15 is 0 Å². The lowest BCUT2D eigenvalue weighted by molar-refractivity contribution is -0.132. The molecule has 2 aromatic carbocycles. The van der Waals surface area contributed by atoms with Gasteiger partial charge in [0.05, 0.1) is 11.2 Å². The maximum atomic E-state index is 12.6. The summed E-state index contributed by atoms with van der Waals surface area (Å²) in [7, 11) is 0. The van der Waals surface area contributed by atoms with Gasteiger partial charge in [-0.15, -0.1) is 0 Å². The fraction of sp³-hybridized carbons (Fsp3) is 0.318. The predicted molar refractivity (Wildman–Crippen MR) is 120 cm³/mol. The van der Waals surface area contributed by atoms with Gasteiger partial charge in [0, 0.05) is 5.02 Å². The van der Waals surface area contributed by atoms with E-state index in [2.05, 4.69) is 15.8 Å². The molecule has 0 aliphatic heterocycles. The molecular weight excluding hydrogens is 425 g/mol. The van der Waals surface area contributed by atoms with Crippen molar-refractivity contribution in [1.82, 2.24) is 10.7 Å². The third kappa shape index (κ3) is 7.69. The van der Waals surface area contributed by atoms with Crippen LogP contribution >= 0.6 is 23.2 Å². The maximum Gasteiger partial charge on any atom is 0.262 e. The quantitative estimate of drug-likeness (QED) is 0.438. The Labute approximate surface area is 186 Å². The summed E-state index contributed by atoms with van der Waals surface area (Å²) in [4.78, 5) is 25.2. The molecule has 0 fully saturated rings. The van der Waals surface area contributed by atoms with Gasteiger partial charge in [0.2, 0.25) is 0 Å². The van der Waals surface area contributed by atoms with E-state index in [9.17, 15) is 9.59 Å².